The molecule has 3 aliphatic heterocycles. The molecule has 0 aromatic carbocycles. The van der Waals surface area contributed by atoms with Gasteiger partial charge in [-0.3, -0.25) is 9.80 Å². The number of hydrogen-bond donors (Lipinski definition) is 1. The van der Waals surface area contributed by atoms with Gasteiger partial charge in [0.1, 0.15) is 5.01 Å². The minimum Gasteiger partial charge on any atom is -0.314 e. The predicted molar refractivity (Wildman–Crippen MR) is 86.8 cm³/mol. The van der Waals surface area contributed by atoms with Gasteiger partial charge in [0.05, 0.1) is 11.2 Å². The van der Waals surface area contributed by atoms with E-state index in [0.717, 1.165) is 38.6 Å². The van der Waals surface area contributed by atoms with Crippen molar-refractivity contribution in [3.63, 3.8) is 0 Å². The van der Waals surface area contributed by atoms with Crippen LogP contribution in [-0.4, -0.2) is 54.1 Å². The van der Waals surface area contributed by atoms with Crippen molar-refractivity contribution in [3.05, 3.63) is 15.6 Å². The average molecular weight is 306 g/mol. The number of hydrogen-bond acceptors (Lipinski definition) is 5. The van der Waals surface area contributed by atoms with Crippen LogP contribution in [0.25, 0.3) is 0 Å². The van der Waals surface area contributed by atoms with Gasteiger partial charge in [-0.15, -0.1) is 11.3 Å². The number of fused-ring (bicyclic) bond motifs is 4. The van der Waals surface area contributed by atoms with Crippen LogP contribution >= 0.6 is 11.3 Å². The minimum absolute atomic E-state index is 0.0714. The Hall–Kier alpha value is -0.490. The van der Waals surface area contributed by atoms with Gasteiger partial charge in [-0.1, -0.05) is 0 Å². The van der Waals surface area contributed by atoms with Crippen LogP contribution < -0.4 is 5.32 Å². The average Bonchev–Trinajstić information content (AvgIpc) is 3.02. The van der Waals surface area contributed by atoms with Crippen molar-refractivity contribution < 1.29 is 0 Å². The van der Waals surface area contributed by atoms with Gasteiger partial charge in [-0.2, -0.15) is 0 Å². The summed E-state index contributed by atoms with van der Waals surface area (Å²) in [6, 6.07) is 1.38. The standard InChI is InChI=1S/C16H26N4S/c1-16(2,20-8-6-17-7-9-20)15-18-12-10-11-4-5-13(19(11)3)14(12)21-15/h11,13,17H,4-10H2,1-3H3. The first-order chi connectivity index (χ1) is 10.1. The van der Waals surface area contributed by atoms with E-state index in [1.807, 2.05) is 11.3 Å². The van der Waals surface area contributed by atoms with E-state index in [4.69, 9.17) is 4.98 Å². The van der Waals surface area contributed by atoms with Gasteiger partial charge in [0, 0.05) is 49.6 Å². The van der Waals surface area contributed by atoms with Crippen LogP contribution in [0.2, 0.25) is 0 Å². The molecule has 21 heavy (non-hydrogen) atoms. The molecular formula is C16H26N4S. The first-order valence-corrected chi connectivity index (χ1v) is 9.07. The first kappa shape index (κ1) is 14.1. The van der Waals surface area contributed by atoms with E-state index in [9.17, 15) is 0 Å². The highest BCUT2D eigenvalue weighted by atomic mass is 32.1. The molecule has 1 aromatic heterocycles. The highest BCUT2D eigenvalue weighted by Gasteiger charge is 2.42. The summed E-state index contributed by atoms with van der Waals surface area (Å²) in [5, 5.41) is 4.78. The van der Waals surface area contributed by atoms with Gasteiger partial charge in [0.15, 0.2) is 0 Å². The SMILES string of the molecule is CN1C2CCC1c1sc(C(C)(C)N3CCNCC3)nc1C2. The van der Waals surface area contributed by atoms with E-state index in [-0.39, 0.29) is 5.54 Å². The third-order valence-corrected chi connectivity index (χ3v) is 7.24. The van der Waals surface area contributed by atoms with Crippen molar-refractivity contribution >= 4 is 11.3 Å². The molecule has 116 valence electrons. The van der Waals surface area contributed by atoms with Crippen molar-refractivity contribution in [2.45, 2.75) is 50.7 Å². The Labute approximate surface area is 131 Å². The zero-order chi connectivity index (χ0) is 14.6. The molecule has 2 unspecified atom stereocenters. The monoisotopic (exact) mass is 306 g/mol. The molecule has 5 heteroatoms. The second-order valence-corrected chi connectivity index (χ2v) is 8.27. The fourth-order valence-corrected chi connectivity index (χ4v) is 5.60. The lowest BCUT2D eigenvalue weighted by Crippen LogP contribution is -2.51. The van der Waals surface area contributed by atoms with E-state index in [1.54, 1.807) is 4.88 Å². The summed E-state index contributed by atoms with van der Waals surface area (Å²) >= 11 is 1.98. The van der Waals surface area contributed by atoms with E-state index >= 15 is 0 Å². The summed E-state index contributed by atoms with van der Waals surface area (Å²) in [4.78, 5) is 11.8. The van der Waals surface area contributed by atoms with Gasteiger partial charge in [-0.25, -0.2) is 4.98 Å². The molecule has 1 N–H and O–H groups in total. The molecule has 2 atom stereocenters. The Balaban J connectivity index is 1.65. The molecule has 2 saturated heterocycles. The maximum Gasteiger partial charge on any atom is 0.113 e. The molecule has 2 bridgehead atoms. The molecule has 2 fully saturated rings. The molecule has 3 aliphatic rings. The van der Waals surface area contributed by atoms with Crippen LogP contribution in [-0.2, 0) is 12.0 Å². The molecule has 0 spiro atoms. The van der Waals surface area contributed by atoms with Gasteiger partial charge in [0.25, 0.3) is 0 Å². The topological polar surface area (TPSA) is 31.4 Å². The lowest BCUT2D eigenvalue weighted by Gasteiger charge is -2.39. The lowest BCUT2D eigenvalue weighted by atomic mass is 10.0. The van der Waals surface area contributed by atoms with Gasteiger partial charge in [0.2, 0.25) is 0 Å². The number of aromatic nitrogens is 1. The van der Waals surface area contributed by atoms with E-state index in [0.29, 0.717) is 6.04 Å². The maximum absolute atomic E-state index is 5.10. The van der Waals surface area contributed by atoms with Crippen LogP contribution in [0.1, 0.15) is 48.3 Å². The Morgan fingerprint density at radius 2 is 2.00 bits per heavy atom. The van der Waals surface area contributed by atoms with Gasteiger partial charge in [-0.05, 0) is 33.7 Å². The van der Waals surface area contributed by atoms with Crippen molar-refractivity contribution in [2.75, 3.05) is 33.2 Å². The van der Waals surface area contributed by atoms with E-state index in [2.05, 4.69) is 36.0 Å². The summed E-state index contributed by atoms with van der Waals surface area (Å²) in [5.41, 5.74) is 1.48. The number of nitrogens with one attached hydrogen (secondary N) is 1. The summed E-state index contributed by atoms with van der Waals surface area (Å²) in [6.07, 6.45) is 3.83. The summed E-state index contributed by atoms with van der Waals surface area (Å²) in [5.74, 6) is 0. The van der Waals surface area contributed by atoms with Crippen molar-refractivity contribution in [1.82, 2.24) is 20.1 Å². The second kappa shape index (κ2) is 5.01. The molecule has 0 aliphatic carbocycles. The normalized spacial score (nSPS) is 30.6. The van der Waals surface area contributed by atoms with Crippen LogP contribution in [0.5, 0.6) is 0 Å². The largest absolute Gasteiger partial charge is 0.314 e. The number of likely N-dealkylation sites (N-methyl/N-ethyl adjacent to an activating group) is 1. The lowest BCUT2D eigenvalue weighted by molar-refractivity contribution is 0.102. The third kappa shape index (κ3) is 2.17. The fraction of sp³-hybridized carbons (Fsp3) is 0.812. The zero-order valence-corrected chi connectivity index (χ0v) is 14.2. The van der Waals surface area contributed by atoms with Crippen LogP contribution in [0.15, 0.2) is 0 Å². The third-order valence-electron chi connectivity index (χ3n) is 5.73. The number of piperazine rings is 1. The summed E-state index contributed by atoms with van der Waals surface area (Å²) in [7, 11) is 2.30. The maximum atomic E-state index is 5.10. The predicted octanol–water partition coefficient (Wildman–Crippen LogP) is 1.97. The Bertz CT molecular complexity index is 532. The van der Waals surface area contributed by atoms with E-state index in [1.165, 1.54) is 23.5 Å². The number of rotatable bonds is 2. The summed E-state index contributed by atoms with van der Waals surface area (Å²) < 4.78 is 0. The molecule has 0 saturated carbocycles. The molecule has 4 rings (SSSR count). The van der Waals surface area contributed by atoms with Crippen LogP contribution in [0, 0.1) is 0 Å². The second-order valence-electron chi connectivity index (χ2n) is 7.24. The number of nitrogens with zero attached hydrogens (tertiary/aromatic N) is 3. The first-order valence-electron chi connectivity index (χ1n) is 8.25. The van der Waals surface area contributed by atoms with E-state index < -0.39 is 0 Å². The van der Waals surface area contributed by atoms with Gasteiger partial charge < -0.3 is 5.32 Å². The molecule has 0 radical (unpaired) electrons. The molecule has 1 aromatic rings. The molecular weight excluding hydrogens is 280 g/mol. The molecule has 0 amide bonds. The Morgan fingerprint density at radius 3 is 2.76 bits per heavy atom. The molecule has 4 heterocycles. The zero-order valence-electron chi connectivity index (χ0n) is 13.4. The Morgan fingerprint density at radius 1 is 1.24 bits per heavy atom. The van der Waals surface area contributed by atoms with Crippen LogP contribution in [0.4, 0.5) is 0 Å². The Kier molecular flexibility index (Phi) is 3.37. The van der Waals surface area contributed by atoms with Gasteiger partial charge >= 0.3 is 0 Å². The minimum atomic E-state index is 0.0714. The summed E-state index contributed by atoms with van der Waals surface area (Å²) in [6.45, 7) is 9.16. The molecule has 4 nitrogen and oxygen atoms in total. The number of thiazole rings is 1. The van der Waals surface area contributed by atoms with Crippen LogP contribution in [0.3, 0.4) is 0 Å². The highest BCUT2D eigenvalue weighted by Crippen LogP contribution is 2.46. The fourth-order valence-electron chi connectivity index (χ4n) is 4.19. The highest BCUT2D eigenvalue weighted by molar-refractivity contribution is 7.12. The van der Waals surface area contributed by atoms with Crippen molar-refractivity contribution in [3.8, 4) is 0 Å². The van der Waals surface area contributed by atoms with Crippen molar-refractivity contribution in [2.24, 2.45) is 0 Å². The quantitative estimate of drug-likeness (QED) is 0.905. The smallest absolute Gasteiger partial charge is 0.113 e. The van der Waals surface area contributed by atoms with Crippen molar-refractivity contribution in [1.29, 1.82) is 0 Å².